The van der Waals surface area contributed by atoms with Crippen LogP contribution in [0.4, 0.5) is 14.7 Å². The molecule has 1 amide bonds. The number of aldehydes is 1. The molecule has 1 saturated heterocycles. The van der Waals surface area contributed by atoms with Gasteiger partial charge in [0, 0.05) is 12.0 Å². The summed E-state index contributed by atoms with van der Waals surface area (Å²) in [5.41, 5.74) is 0.853. The van der Waals surface area contributed by atoms with Crippen LogP contribution >= 0.6 is 11.3 Å². The van der Waals surface area contributed by atoms with E-state index in [2.05, 4.69) is 20.6 Å². The summed E-state index contributed by atoms with van der Waals surface area (Å²) in [7, 11) is 0. The Balaban J connectivity index is 1.67. The summed E-state index contributed by atoms with van der Waals surface area (Å²) in [4.78, 5) is 44.2. The average Bonchev–Trinajstić information content (AvgIpc) is 3.54. The first kappa shape index (κ1) is 22.7. The van der Waals surface area contributed by atoms with Gasteiger partial charge in [-0.05, 0) is 49.2 Å². The lowest BCUT2D eigenvalue weighted by Gasteiger charge is -2.28. The van der Waals surface area contributed by atoms with E-state index in [4.69, 9.17) is 5.26 Å². The Morgan fingerprint density at radius 1 is 1.33 bits per heavy atom. The van der Waals surface area contributed by atoms with Crippen molar-refractivity contribution in [3.05, 3.63) is 45.1 Å². The van der Waals surface area contributed by atoms with E-state index < -0.39 is 17.9 Å². The number of imidazole rings is 1. The maximum atomic E-state index is 12.8. The quantitative estimate of drug-likeness (QED) is 0.429. The van der Waals surface area contributed by atoms with Gasteiger partial charge in [0.1, 0.15) is 6.29 Å². The number of amides is 1. The zero-order valence-corrected chi connectivity index (χ0v) is 18.1. The van der Waals surface area contributed by atoms with Crippen molar-refractivity contribution < 1.29 is 23.2 Å². The smallest absolute Gasteiger partial charge is 0.272 e. The second kappa shape index (κ2) is 9.17. The van der Waals surface area contributed by atoms with Crippen molar-refractivity contribution in [2.45, 2.75) is 37.6 Å². The van der Waals surface area contributed by atoms with Crippen molar-refractivity contribution >= 4 is 46.3 Å². The van der Waals surface area contributed by atoms with Gasteiger partial charge in [-0.1, -0.05) is 0 Å². The molecule has 1 fully saturated rings. The van der Waals surface area contributed by atoms with Crippen molar-refractivity contribution in [3.63, 3.8) is 0 Å². The molecule has 1 aliphatic rings. The van der Waals surface area contributed by atoms with Crippen molar-refractivity contribution in [1.29, 1.82) is 5.26 Å². The van der Waals surface area contributed by atoms with Crippen molar-refractivity contribution in [2.75, 3.05) is 11.9 Å². The highest BCUT2D eigenvalue weighted by Crippen LogP contribution is 2.32. The number of carbonyl (C=O) groups is 3. The summed E-state index contributed by atoms with van der Waals surface area (Å²) in [5, 5.41) is 14.8. The van der Waals surface area contributed by atoms with Crippen LogP contribution < -0.4 is 10.6 Å². The van der Waals surface area contributed by atoms with Gasteiger partial charge in [-0.25, -0.2) is 13.8 Å². The Bertz CT molecular complexity index is 1270. The van der Waals surface area contributed by atoms with Crippen LogP contribution in [-0.4, -0.2) is 40.0 Å². The predicted molar refractivity (Wildman–Crippen MR) is 118 cm³/mol. The van der Waals surface area contributed by atoms with Crippen molar-refractivity contribution in [3.8, 4) is 6.07 Å². The largest absolute Gasteiger partial charge is 0.324 e. The Labute approximate surface area is 191 Å². The molecule has 0 spiro atoms. The van der Waals surface area contributed by atoms with E-state index in [-0.39, 0.29) is 34.3 Å². The number of hydrogen-bond acceptors (Lipinski definition) is 7. The van der Waals surface area contributed by atoms with Gasteiger partial charge in [0.2, 0.25) is 5.95 Å². The number of nitriles is 1. The standard InChI is InChI=1S/C22H19F2N5O3S/c23-19(24)15-4-5-16(33-15)20(32)29-21-27-14-3-2-12(11-30)13(18(14)28-21)10-22(7-1-9-26-22)17(31)6-8-25/h2-5,11,19,26H,1,6-7,9-10H2,(H2,27,28,29,32)/t22-/m1/s1. The molecule has 4 rings (SSSR count). The van der Waals surface area contributed by atoms with Gasteiger partial charge < -0.3 is 10.3 Å². The van der Waals surface area contributed by atoms with E-state index in [1.807, 2.05) is 6.07 Å². The molecular formula is C22H19F2N5O3S. The number of anilines is 1. The van der Waals surface area contributed by atoms with Crippen LogP contribution in [0.25, 0.3) is 11.0 Å². The third-order valence-electron chi connectivity index (χ3n) is 5.72. The molecule has 0 bridgehead atoms. The molecule has 170 valence electrons. The van der Waals surface area contributed by atoms with E-state index in [1.165, 1.54) is 12.1 Å². The lowest BCUT2D eigenvalue weighted by Crippen LogP contribution is -2.49. The zero-order valence-electron chi connectivity index (χ0n) is 17.3. The number of aromatic amines is 1. The highest BCUT2D eigenvalue weighted by molar-refractivity contribution is 7.14. The van der Waals surface area contributed by atoms with E-state index in [0.717, 1.165) is 6.42 Å². The summed E-state index contributed by atoms with van der Waals surface area (Å²) in [6.07, 6.45) is -0.778. The number of ketones is 1. The van der Waals surface area contributed by atoms with E-state index >= 15 is 0 Å². The molecule has 1 aliphatic heterocycles. The number of alkyl halides is 2. The van der Waals surface area contributed by atoms with Crippen LogP contribution in [0.15, 0.2) is 24.3 Å². The SMILES string of the molecule is N#CCC(=O)[C@]1(Cc2c(C=O)ccc3[nH]c(NC(=O)c4ccc(C(F)F)s4)nc23)CCCN1. The summed E-state index contributed by atoms with van der Waals surface area (Å²) in [5.74, 6) is -0.753. The molecule has 0 saturated carbocycles. The number of rotatable bonds is 8. The van der Waals surface area contributed by atoms with Crippen LogP contribution in [0.2, 0.25) is 0 Å². The lowest BCUT2D eigenvalue weighted by atomic mass is 9.82. The number of benzene rings is 1. The maximum Gasteiger partial charge on any atom is 0.272 e. The molecule has 2 aromatic heterocycles. The summed E-state index contributed by atoms with van der Waals surface area (Å²) >= 11 is 0.691. The fraction of sp³-hybridized carbons (Fsp3) is 0.318. The maximum absolute atomic E-state index is 12.8. The number of Topliss-reactive ketones (excluding diaryl/α,β-unsaturated/α-hetero) is 1. The predicted octanol–water partition coefficient (Wildman–Crippen LogP) is 3.77. The number of halogens is 2. The first-order chi connectivity index (χ1) is 15.9. The summed E-state index contributed by atoms with van der Waals surface area (Å²) in [6.45, 7) is 0.618. The highest BCUT2D eigenvalue weighted by Gasteiger charge is 2.41. The molecule has 11 heteroatoms. The number of carbonyl (C=O) groups excluding carboxylic acids is 3. The third-order valence-corrected chi connectivity index (χ3v) is 6.81. The van der Waals surface area contributed by atoms with Gasteiger partial charge in [-0.3, -0.25) is 19.7 Å². The van der Waals surface area contributed by atoms with Crippen LogP contribution in [0.3, 0.4) is 0 Å². The fourth-order valence-electron chi connectivity index (χ4n) is 4.10. The average molecular weight is 471 g/mol. The van der Waals surface area contributed by atoms with Crippen LogP contribution in [0.1, 0.15) is 56.2 Å². The first-order valence-electron chi connectivity index (χ1n) is 10.2. The normalized spacial score (nSPS) is 17.9. The second-order valence-electron chi connectivity index (χ2n) is 7.74. The summed E-state index contributed by atoms with van der Waals surface area (Å²) in [6, 6.07) is 7.64. The van der Waals surface area contributed by atoms with Gasteiger partial charge >= 0.3 is 0 Å². The Kier molecular flexibility index (Phi) is 6.31. The van der Waals surface area contributed by atoms with Gasteiger partial charge in [0.25, 0.3) is 12.3 Å². The molecule has 1 atom stereocenters. The number of hydrogen-bond donors (Lipinski definition) is 3. The molecule has 8 nitrogen and oxygen atoms in total. The molecule has 0 radical (unpaired) electrons. The van der Waals surface area contributed by atoms with Crippen molar-refractivity contribution in [2.24, 2.45) is 0 Å². The minimum absolute atomic E-state index is 0.0862. The number of thiophene rings is 1. The molecular weight excluding hydrogens is 452 g/mol. The molecule has 0 aliphatic carbocycles. The van der Waals surface area contributed by atoms with Crippen LogP contribution in [-0.2, 0) is 11.2 Å². The Morgan fingerprint density at radius 2 is 2.15 bits per heavy atom. The molecule has 0 unspecified atom stereocenters. The first-order valence-corrected chi connectivity index (χ1v) is 11.0. The minimum atomic E-state index is -2.66. The van der Waals surface area contributed by atoms with Gasteiger partial charge in [0.05, 0.1) is 38.8 Å². The molecule has 3 N–H and O–H groups in total. The number of nitrogens with one attached hydrogen (secondary N) is 3. The topological polar surface area (TPSA) is 128 Å². The molecule has 33 heavy (non-hydrogen) atoms. The summed E-state index contributed by atoms with van der Waals surface area (Å²) < 4.78 is 25.6. The van der Waals surface area contributed by atoms with Gasteiger partial charge in [-0.15, -0.1) is 11.3 Å². The van der Waals surface area contributed by atoms with E-state index in [9.17, 15) is 23.2 Å². The van der Waals surface area contributed by atoms with E-state index in [1.54, 1.807) is 12.1 Å². The molecule has 3 aromatic rings. The van der Waals surface area contributed by atoms with Gasteiger partial charge in [0.15, 0.2) is 5.78 Å². The van der Waals surface area contributed by atoms with E-state index in [0.29, 0.717) is 52.7 Å². The third kappa shape index (κ3) is 4.40. The van der Waals surface area contributed by atoms with Crippen LogP contribution in [0.5, 0.6) is 0 Å². The minimum Gasteiger partial charge on any atom is -0.324 e. The zero-order chi connectivity index (χ0) is 23.6. The van der Waals surface area contributed by atoms with Gasteiger partial charge in [-0.2, -0.15) is 5.26 Å². The number of fused-ring (bicyclic) bond motifs is 1. The lowest BCUT2D eigenvalue weighted by molar-refractivity contribution is -0.124. The second-order valence-corrected chi connectivity index (χ2v) is 8.85. The number of aromatic nitrogens is 2. The number of H-pyrrole nitrogens is 1. The highest BCUT2D eigenvalue weighted by atomic mass is 32.1. The molecule has 3 heterocycles. The number of nitrogens with zero attached hydrogens (tertiary/aromatic N) is 2. The van der Waals surface area contributed by atoms with Crippen LogP contribution in [0, 0.1) is 11.3 Å². The Morgan fingerprint density at radius 3 is 2.79 bits per heavy atom. The molecule has 1 aromatic carbocycles. The fourth-order valence-corrected chi connectivity index (χ4v) is 4.86. The Hall–Kier alpha value is -3.49. The monoisotopic (exact) mass is 471 g/mol. The van der Waals surface area contributed by atoms with Crippen molar-refractivity contribution in [1.82, 2.24) is 15.3 Å².